The third-order valence-electron chi connectivity index (χ3n) is 4.57. The molecule has 8 nitrogen and oxygen atoms in total. The van der Waals surface area contributed by atoms with Crippen LogP contribution < -0.4 is 10.9 Å². The fraction of sp³-hybridized carbons (Fsp3) is 0.250. The van der Waals surface area contributed by atoms with Crippen molar-refractivity contribution in [3.05, 3.63) is 67.1 Å². The average Bonchev–Trinajstić information content (AvgIpc) is 2.94. The maximum absolute atomic E-state index is 12.5. The molecule has 1 atom stereocenters. The summed E-state index contributed by atoms with van der Waals surface area (Å²) in [5, 5.41) is 19.8. The molecule has 122 valence electrons. The van der Waals surface area contributed by atoms with Crippen molar-refractivity contribution >= 4 is 17.3 Å². The standard InChI is InChI=1S/C16H14N4O4/c21-11-7-3-5-9-13(11)12(14-15(17-9)18-19-16(14)22)8-4-1-2-6-10(8)20(23)24/h1-2,4,6,12H,3,5,7H2,(H3,17,18,19,22). The van der Waals surface area contributed by atoms with Gasteiger partial charge in [0.2, 0.25) is 0 Å². The highest BCUT2D eigenvalue weighted by atomic mass is 16.6. The van der Waals surface area contributed by atoms with E-state index in [-0.39, 0.29) is 17.0 Å². The zero-order valence-electron chi connectivity index (χ0n) is 12.6. The van der Waals surface area contributed by atoms with Crippen LogP contribution >= 0.6 is 0 Å². The highest BCUT2D eigenvalue weighted by molar-refractivity contribution is 6.01. The van der Waals surface area contributed by atoms with E-state index in [2.05, 4.69) is 15.5 Å². The summed E-state index contributed by atoms with van der Waals surface area (Å²) in [7, 11) is 0. The van der Waals surface area contributed by atoms with Crippen LogP contribution in [-0.2, 0) is 4.79 Å². The minimum Gasteiger partial charge on any atom is -0.343 e. The number of aromatic nitrogens is 2. The number of carbonyl (C=O) groups excluding carboxylic acids is 1. The fourth-order valence-electron chi connectivity index (χ4n) is 3.57. The van der Waals surface area contributed by atoms with E-state index < -0.39 is 10.8 Å². The Labute approximate surface area is 135 Å². The van der Waals surface area contributed by atoms with Crippen molar-refractivity contribution in [3.8, 4) is 0 Å². The lowest BCUT2D eigenvalue weighted by molar-refractivity contribution is -0.385. The van der Waals surface area contributed by atoms with Gasteiger partial charge in [0.15, 0.2) is 5.78 Å². The van der Waals surface area contributed by atoms with E-state index in [1.54, 1.807) is 18.2 Å². The first-order valence-corrected chi connectivity index (χ1v) is 7.65. The van der Waals surface area contributed by atoms with Crippen LogP contribution in [0.4, 0.5) is 11.5 Å². The van der Waals surface area contributed by atoms with Crippen molar-refractivity contribution in [2.45, 2.75) is 25.2 Å². The van der Waals surface area contributed by atoms with E-state index in [4.69, 9.17) is 0 Å². The molecule has 0 amide bonds. The minimum atomic E-state index is -0.736. The van der Waals surface area contributed by atoms with Crippen molar-refractivity contribution in [3.63, 3.8) is 0 Å². The molecule has 1 aliphatic carbocycles. The number of anilines is 1. The molecule has 1 aromatic carbocycles. The number of nitro groups is 1. The number of benzene rings is 1. The van der Waals surface area contributed by atoms with Crippen molar-refractivity contribution in [1.29, 1.82) is 0 Å². The number of allylic oxidation sites excluding steroid dienone is 2. The second-order valence-electron chi connectivity index (χ2n) is 5.91. The van der Waals surface area contributed by atoms with Gasteiger partial charge >= 0.3 is 0 Å². The van der Waals surface area contributed by atoms with Gasteiger partial charge < -0.3 is 5.32 Å². The molecule has 1 unspecified atom stereocenters. The van der Waals surface area contributed by atoms with Gasteiger partial charge in [-0.2, -0.15) is 0 Å². The molecule has 1 aromatic heterocycles. The Kier molecular flexibility index (Phi) is 3.12. The number of H-pyrrole nitrogens is 2. The number of hydrogen-bond acceptors (Lipinski definition) is 5. The molecule has 0 fully saturated rings. The summed E-state index contributed by atoms with van der Waals surface area (Å²) in [6.07, 6.45) is 1.78. The summed E-state index contributed by atoms with van der Waals surface area (Å²) in [6, 6.07) is 6.25. The SMILES string of the molecule is O=C1CCCC2=C1C(c1ccccc1[N+](=O)[O-])c1c([nH][nH]c1=O)N2. The number of rotatable bonds is 2. The molecule has 2 aromatic rings. The predicted molar refractivity (Wildman–Crippen MR) is 85.9 cm³/mol. The molecule has 0 saturated carbocycles. The number of aromatic amines is 2. The van der Waals surface area contributed by atoms with Crippen LogP contribution in [0.2, 0.25) is 0 Å². The van der Waals surface area contributed by atoms with Crippen LogP contribution in [-0.4, -0.2) is 20.9 Å². The largest absolute Gasteiger partial charge is 0.343 e. The molecule has 2 aliphatic rings. The van der Waals surface area contributed by atoms with E-state index in [1.165, 1.54) is 6.07 Å². The van der Waals surface area contributed by atoms with Gasteiger partial charge in [-0.05, 0) is 12.8 Å². The highest BCUT2D eigenvalue weighted by Gasteiger charge is 2.40. The Hall–Kier alpha value is -3.16. The van der Waals surface area contributed by atoms with Crippen LogP contribution in [0.25, 0.3) is 0 Å². The summed E-state index contributed by atoms with van der Waals surface area (Å²) in [4.78, 5) is 35.8. The molecule has 2 heterocycles. The molecule has 1 aliphatic heterocycles. The van der Waals surface area contributed by atoms with Gasteiger partial charge in [0.1, 0.15) is 5.82 Å². The zero-order valence-corrected chi connectivity index (χ0v) is 12.6. The topological polar surface area (TPSA) is 121 Å². The van der Waals surface area contributed by atoms with Crippen molar-refractivity contribution in [2.24, 2.45) is 0 Å². The van der Waals surface area contributed by atoms with Crippen LogP contribution in [0.5, 0.6) is 0 Å². The molecule has 0 radical (unpaired) electrons. The predicted octanol–water partition coefficient (Wildman–Crippen LogP) is 2.18. The van der Waals surface area contributed by atoms with Crippen LogP contribution in [0.1, 0.15) is 36.3 Å². The number of nitro benzene ring substituents is 1. The van der Waals surface area contributed by atoms with Crippen molar-refractivity contribution in [2.75, 3.05) is 5.32 Å². The number of hydrogen-bond donors (Lipinski definition) is 3. The van der Waals surface area contributed by atoms with E-state index in [1.807, 2.05) is 0 Å². The Morgan fingerprint density at radius 3 is 2.71 bits per heavy atom. The highest BCUT2D eigenvalue weighted by Crippen LogP contribution is 2.45. The van der Waals surface area contributed by atoms with Crippen LogP contribution in [0.3, 0.4) is 0 Å². The van der Waals surface area contributed by atoms with Gasteiger partial charge in [0.25, 0.3) is 11.2 Å². The fourth-order valence-corrected chi connectivity index (χ4v) is 3.57. The number of nitrogens with one attached hydrogen (secondary N) is 3. The van der Waals surface area contributed by atoms with Gasteiger partial charge in [0, 0.05) is 29.3 Å². The smallest absolute Gasteiger partial charge is 0.273 e. The Balaban J connectivity index is 2.02. The van der Waals surface area contributed by atoms with Crippen molar-refractivity contribution in [1.82, 2.24) is 10.2 Å². The van der Waals surface area contributed by atoms with Gasteiger partial charge in [-0.1, -0.05) is 18.2 Å². The minimum absolute atomic E-state index is 0.0712. The third kappa shape index (κ3) is 1.99. The van der Waals surface area contributed by atoms with Gasteiger partial charge in [-0.25, -0.2) is 0 Å². The van der Waals surface area contributed by atoms with Crippen LogP contribution in [0, 0.1) is 10.1 Å². The Bertz CT molecular complexity index is 953. The molecule has 3 N–H and O–H groups in total. The van der Waals surface area contributed by atoms with E-state index in [0.29, 0.717) is 35.4 Å². The first kappa shape index (κ1) is 14.4. The maximum atomic E-state index is 12.5. The molecule has 0 saturated heterocycles. The molecule has 4 rings (SSSR count). The zero-order chi connectivity index (χ0) is 16.8. The number of fused-ring (bicyclic) bond motifs is 1. The van der Waals surface area contributed by atoms with Crippen molar-refractivity contribution < 1.29 is 9.72 Å². The second kappa shape index (κ2) is 5.19. The van der Waals surface area contributed by atoms with E-state index in [0.717, 1.165) is 12.1 Å². The van der Waals surface area contributed by atoms with Crippen LogP contribution in [0.15, 0.2) is 40.3 Å². The lowest BCUT2D eigenvalue weighted by Gasteiger charge is -2.31. The Morgan fingerprint density at radius 2 is 1.92 bits per heavy atom. The van der Waals surface area contributed by atoms with Gasteiger partial charge in [0.05, 0.1) is 16.4 Å². The van der Waals surface area contributed by atoms with Gasteiger partial charge in [-0.3, -0.25) is 29.9 Å². The normalized spacial score (nSPS) is 19.5. The lowest BCUT2D eigenvalue weighted by atomic mass is 9.76. The number of nitrogens with zero attached hydrogens (tertiary/aromatic N) is 1. The first-order valence-electron chi connectivity index (χ1n) is 7.65. The van der Waals surface area contributed by atoms with E-state index >= 15 is 0 Å². The maximum Gasteiger partial charge on any atom is 0.273 e. The molecule has 0 bridgehead atoms. The number of para-hydroxylation sites is 1. The van der Waals surface area contributed by atoms with E-state index in [9.17, 15) is 19.7 Å². The quantitative estimate of drug-likeness (QED) is 0.577. The summed E-state index contributed by atoms with van der Waals surface area (Å²) in [6.45, 7) is 0. The molecule has 8 heteroatoms. The lowest BCUT2D eigenvalue weighted by Crippen LogP contribution is -2.29. The average molecular weight is 326 g/mol. The summed E-state index contributed by atoms with van der Waals surface area (Å²) in [5.41, 5.74) is 1.40. The summed E-state index contributed by atoms with van der Waals surface area (Å²) < 4.78 is 0. The number of Topliss-reactive ketones (excluding diaryl/α,β-unsaturated/α-hetero) is 1. The number of carbonyl (C=O) groups is 1. The molecular weight excluding hydrogens is 312 g/mol. The monoisotopic (exact) mass is 326 g/mol. The first-order chi connectivity index (χ1) is 11.6. The van der Waals surface area contributed by atoms with Gasteiger partial charge in [-0.15, -0.1) is 0 Å². The molecule has 24 heavy (non-hydrogen) atoms. The summed E-state index contributed by atoms with van der Waals surface area (Å²) in [5.74, 6) is -0.338. The second-order valence-corrected chi connectivity index (χ2v) is 5.91. The number of ketones is 1. The summed E-state index contributed by atoms with van der Waals surface area (Å²) >= 11 is 0. The molecular formula is C16H14N4O4. The Morgan fingerprint density at radius 1 is 1.12 bits per heavy atom. The third-order valence-corrected chi connectivity index (χ3v) is 4.57. The molecule has 0 spiro atoms.